The number of aromatic nitrogens is 2. The minimum atomic E-state index is 0.721. The van der Waals surface area contributed by atoms with Crippen molar-refractivity contribution in [2.24, 2.45) is 0 Å². The standard InChI is InChI=1S/C11H11ClN2/c1-2-9-7-8-14(13-9)11-6-4-3-5-10(11)12/h3-8H,2H2,1H3. The largest absolute Gasteiger partial charge is 0.239 e. The molecule has 1 heterocycles. The van der Waals surface area contributed by atoms with E-state index in [1.807, 2.05) is 36.5 Å². The summed E-state index contributed by atoms with van der Waals surface area (Å²) in [4.78, 5) is 0. The van der Waals surface area contributed by atoms with E-state index in [0.717, 1.165) is 22.8 Å². The van der Waals surface area contributed by atoms with Crippen molar-refractivity contribution in [2.75, 3.05) is 0 Å². The normalized spacial score (nSPS) is 10.4. The van der Waals surface area contributed by atoms with Gasteiger partial charge in [-0.1, -0.05) is 30.7 Å². The van der Waals surface area contributed by atoms with Gasteiger partial charge in [-0.25, -0.2) is 4.68 Å². The lowest BCUT2D eigenvalue weighted by Crippen LogP contribution is -1.96. The van der Waals surface area contributed by atoms with Crippen LogP contribution >= 0.6 is 11.6 Å². The molecule has 0 bridgehead atoms. The summed E-state index contributed by atoms with van der Waals surface area (Å²) in [5, 5.41) is 5.11. The summed E-state index contributed by atoms with van der Waals surface area (Å²) in [7, 11) is 0. The number of aryl methyl sites for hydroxylation is 1. The highest BCUT2D eigenvalue weighted by atomic mass is 35.5. The Morgan fingerprint density at radius 3 is 2.71 bits per heavy atom. The summed E-state index contributed by atoms with van der Waals surface area (Å²) < 4.78 is 1.81. The molecule has 0 amide bonds. The fourth-order valence-electron chi connectivity index (χ4n) is 1.32. The molecule has 2 nitrogen and oxygen atoms in total. The van der Waals surface area contributed by atoms with Crippen LogP contribution < -0.4 is 0 Å². The van der Waals surface area contributed by atoms with Gasteiger partial charge in [-0.15, -0.1) is 0 Å². The van der Waals surface area contributed by atoms with Crippen LogP contribution in [0.3, 0.4) is 0 Å². The van der Waals surface area contributed by atoms with Crippen molar-refractivity contribution in [3.63, 3.8) is 0 Å². The Bertz CT molecular complexity index is 434. The van der Waals surface area contributed by atoms with E-state index in [4.69, 9.17) is 11.6 Å². The van der Waals surface area contributed by atoms with Gasteiger partial charge in [0.15, 0.2) is 0 Å². The van der Waals surface area contributed by atoms with Crippen LogP contribution in [-0.4, -0.2) is 9.78 Å². The van der Waals surface area contributed by atoms with Gasteiger partial charge < -0.3 is 0 Å². The molecule has 0 N–H and O–H groups in total. The summed E-state index contributed by atoms with van der Waals surface area (Å²) in [6.45, 7) is 2.08. The van der Waals surface area contributed by atoms with Crippen molar-refractivity contribution in [2.45, 2.75) is 13.3 Å². The summed E-state index contributed by atoms with van der Waals surface area (Å²) in [5.41, 5.74) is 2.00. The Morgan fingerprint density at radius 2 is 2.07 bits per heavy atom. The Kier molecular flexibility index (Phi) is 2.55. The summed E-state index contributed by atoms with van der Waals surface area (Å²) >= 11 is 6.05. The first-order chi connectivity index (χ1) is 6.81. The van der Waals surface area contributed by atoms with Gasteiger partial charge in [-0.3, -0.25) is 0 Å². The van der Waals surface area contributed by atoms with Crippen LogP contribution in [0.25, 0.3) is 5.69 Å². The zero-order valence-electron chi connectivity index (χ0n) is 7.94. The third kappa shape index (κ3) is 1.66. The highest BCUT2D eigenvalue weighted by molar-refractivity contribution is 6.32. The van der Waals surface area contributed by atoms with E-state index in [9.17, 15) is 0 Å². The highest BCUT2D eigenvalue weighted by Gasteiger charge is 2.02. The van der Waals surface area contributed by atoms with Gasteiger partial charge in [0.1, 0.15) is 0 Å². The van der Waals surface area contributed by atoms with E-state index in [2.05, 4.69) is 12.0 Å². The number of rotatable bonds is 2. The zero-order chi connectivity index (χ0) is 9.97. The SMILES string of the molecule is CCc1ccn(-c2ccccc2Cl)n1. The molecule has 1 aromatic heterocycles. The molecule has 2 aromatic rings. The fraction of sp³-hybridized carbons (Fsp3) is 0.182. The Labute approximate surface area is 88.1 Å². The molecular weight excluding hydrogens is 196 g/mol. The molecule has 0 fully saturated rings. The molecule has 0 aliphatic carbocycles. The molecule has 0 aliphatic heterocycles. The third-order valence-electron chi connectivity index (χ3n) is 2.11. The molecule has 3 heteroatoms. The first-order valence-electron chi connectivity index (χ1n) is 4.60. The van der Waals surface area contributed by atoms with Crippen LogP contribution in [-0.2, 0) is 6.42 Å². The second kappa shape index (κ2) is 3.84. The van der Waals surface area contributed by atoms with E-state index in [1.165, 1.54) is 0 Å². The van der Waals surface area contributed by atoms with Crippen LogP contribution in [0.5, 0.6) is 0 Å². The molecule has 0 atom stereocenters. The number of hydrogen-bond acceptors (Lipinski definition) is 1. The number of para-hydroxylation sites is 1. The van der Waals surface area contributed by atoms with Gasteiger partial charge in [0.2, 0.25) is 0 Å². The van der Waals surface area contributed by atoms with Crippen molar-refractivity contribution in [3.05, 3.63) is 47.2 Å². The summed E-state index contributed by atoms with van der Waals surface area (Å²) in [6, 6.07) is 9.69. The number of hydrogen-bond donors (Lipinski definition) is 0. The predicted molar refractivity (Wildman–Crippen MR) is 58.0 cm³/mol. The van der Waals surface area contributed by atoms with Gasteiger partial charge >= 0.3 is 0 Å². The van der Waals surface area contributed by atoms with Gasteiger partial charge in [0, 0.05) is 6.20 Å². The molecule has 0 saturated carbocycles. The number of halogens is 1. The molecule has 0 unspecified atom stereocenters. The van der Waals surface area contributed by atoms with Crippen LogP contribution in [0.15, 0.2) is 36.5 Å². The van der Waals surface area contributed by atoms with E-state index in [-0.39, 0.29) is 0 Å². The monoisotopic (exact) mass is 206 g/mol. The lowest BCUT2D eigenvalue weighted by molar-refractivity contribution is 0.841. The second-order valence-electron chi connectivity index (χ2n) is 3.06. The topological polar surface area (TPSA) is 17.8 Å². The molecular formula is C11H11ClN2. The quantitative estimate of drug-likeness (QED) is 0.739. The van der Waals surface area contributed by atoms with Crippen molar-refractivity contribution in [3.8, 4) is 5.69 Å². The summed E-state index contributed by atoms with van der Waals surface area (Å²) in [6.07, 6.45) is 2.87. The maximum Gasteiger partial charge on any atom is 0.0831 e. The maximum atomic E-state index is 6.05. The molecule has 72 valence electrons. The van der Waals surface area contributed by atoms with E-state index in [1.54, 1.807) is 4.68 Å². The van der Waals surface area contributed by atoms with E-state index >= 15 is 0 Å². The fourth-order valence-corrected chi connectivity index (χ4v) is 1.54. The average Bonchev–Trinajstić information content (AvgIpc) is 2.67. The average molecular weight is 207 g/mol. The van der Waals surface area contributed by atoms with Gasteiger partial charge in [0.05, 0.1) is 16.4 Å². The number of benzene rings is 1. The van der Waals surface area contributed by atoms with Crippen molar-refractivity contribution in [1.29, 1.82) is 0 Å². The smallest absolute Gasteiger partial charge is 0.0831 e. The van der Waals surface area contributed by atoms with Gasteiger partial charge in [0.25, 0.3) is 0 Å². The minimum absolute atomic E-state index is 0.721. The summed E-state index contributed by atoms with van der Waals surface area (Å²) in [5.74, 6) is 0. The zero-order valence-corrected chi connectivity index (χ0v) is 8.70. The molecule has 0 saturated heterocycles. The van der Waals surface area contributed by atoms with E-state index in [0.29, 0.717) is 0 Å². The van der Waals surface area contributed by atoms with E-state index < -0.39 is 0 Å². The Hall–Kier alpha value is -1.28. The van der Waals surface area contributed by atoms with Crippen LogP contribution in [0, 0.1) is 0 Å². The molecule has 14 heavy (non-hydrogen) atoms. The second-order valence-corrected chi connectivity index (χ2v) is 3.46. The Balaban J connectivity index is 2.44. The predicted octanol–water partition coefficient (Wildman–Crippen LogP) is 3.09. The highest BCUT2D eigenvalue weighted by Crippen LogP contribution is 2.18. The van der Waals surface area contributed by atoms with Gasteiger partial charge in [-0.2, -0.15) is 5.10 Å². The van der Waals surface area contributed by atoms with Gasteiger partial charge in [-0.05, 0) is 24.6 Å². The minimum Gasteiger partial charge on any atom is -0.239 e. The maximum absolute atomic E-state index is 6.05. The lowest BCUT2D eigenvalue weighted by Gasteiger charge is -2.02. The van der Waals surface area contributed by atoms with Crippen LogP contribution in [0.4, 0.5) is 0 Å². The van der Waals surface area contributed by atoms with Crippen molar-refractivity contribution >= 4 is 11.6 Å². The molecule has 2 rings (SSSR count). The molecule has 1 aromatic carbocycles. The molecule has 0 radical (unpaired) electrons. The van der Waals surface area contributed by atoms with Crippen molar-refractivity contribution in [1.82, 2.24) is 9.78 Å². The molecule has 0 aliphatic rings. The number of nitrogens with zero attached hydrogens (tertiary/aromatic N) is 2. The van der Waals surface area contributed by atoms with Crippen LogP contribution in [0.2, 0.25) is 5.02 Å². The third-order valence-corrected chi connectivity index (χ3v) is 2.43. The van der Waals surface area contributed by atoms with Crippen molar-refractivity contribution < 1.29 is 0 Å². The Morgan fingerprint density at radius 1 is 1.29 bits per heavy atom. The van der Waals surface area contributed by atoms with Crippen LogP contribution in [0.1, 0.15) is 12.6 Å². The first-order valence-corrected chi connectivity index (χ1v) is 4.98. The first kappa shape index (κ1) is 9.28. The lowest BCUT2D eigenvalue weighted by atomic mass is 10.3. The molecule has 0 spiro atoms.